The highest BCUT2D eigenvalue weighted by atomic mass is 16.5. The molecule has 1 atom stereocenters. The number of likely N-dealkylation sites (tertiary alicyclic amines) is 1. The Morgan fingerprint density at radius 3 is 2.65 bits per heavy atom. The number of benzene rings is 2. The molecule has 0 N–H and O–H groups in total. The maximum Gasteiger partial charge on any atom is 0.222 e. The van der Waals surface area contributed by atoms with Crippen molar-refractivity contribution in [2.45, 2.75) is 32.1 Å². The Morgan fingerprint density at radius 2 is 1.92 bits per heavy atom. The van der Waals surface area contributed by atoms with Crippen LogP contribution < -0.4 is 9.47 Å². The van der Waals surface area contributed by atoms with Gasteiger partial charge in [-0.3, -0.25) is 4.79 Å². The first kappa shape index (κ1) is 18.3. The van der Waals surface area contributed by atoms with Gasteiger partial charge in [-0.05, 0) is 49.1 Å². The van der Waals surface area contributed by atoms with Crippen molar-refractivity contribution in [3.05, 3.63) is 59.7 Å². The van der Waals surface area contributed by atoms with Gasteiger partial charge in [0.1, 0.15) is 11.5 Å². The van der Waals surface area contributed by atoms with Crippen molar-refractivity contribution in [2.75, 3.05) is 26.8 Å². The molecule has 1 aliphatic rings. The number of para-hydroxylation sites is 1. The number of carbonyl (C=O) groups excluding carboxylic acids is 1. The maximum absolute atomic E-state index is 12.5. The van der Waals surface area contributed by atoms with Crippen LogP contribution in [0.15, 0.2) is 48.5 Å². The molecule has 2 aromatic carbocycles. The molecule has 0 aliphatic carbocycles. The summed E-state index contributed by atoms with van der Waals surface area (Å²) in [6, 6.07) is 16.2. The largest absolute Gasteiger partial charge is 0.497 e. The Labute approximate surface area is 155 Å². The standard InChI is InChI=1S/C22H27NO3/c1-17-6-3-4-7-21(17)26-15-5-8-22(24)23-14-13-19(16-23)18-9-11-20(25-2)12-10-18/h3-4,6-7,9-12,19H,5,8,13-16H2,1-2H3. The molecule has 1 saturated heterocycles. The van der Waals surface area contributed by atoms with Crippen LogP contribution in [0.5, 0.6) is 11.5 Å². The molecule has 0 spiro atoms. The quantitative estimate of drug-likeness (QED) is 0.701. The fourth-order valence-corrected chi connectivity index (χ4v) is 3.42. The molecule has 0 bridgehead atoms. The highest BCUT2D eigenvalue weighted by Crippen LogP contribution is 2.29. The van der Waals surface area contributed by atoms with Gasteiger partial charge in [0.05, 0.1) is 13.7 Å². The molecular weight excluding hydrogens is 326 g/mol. The van der Waals surface area contributed by atoms with E-state index in [9.17, 15) is 4.79 Å². The lowest BCUT2D eigenvalue weighted by Gasteiger charge is -2.17. The van der Waals surface area contributed by atoms with E-state index in [0.717, 1.165) is 43.0 Å². The topological polar surface area (TPSA) is 38.8 Å². The maximum atomic E-state index is 12.5. The fraction of sp³-hybridized carbons (Fsp3) is 0.409. The predicted octanol–water partition coefficient (Wildman–Crippen LogP) is 4.18. The number of hydrogen-bond acceptors (Lipinski definition) is 3. The highest BCUT2D eigenvalue weighted by Gasteiger charge is 2.26. The monoisotopic (exact) mass is 353 g/mol. The molecule has 0 radical (unpaired) electrons. The minimum atomic E-state index is 0.231. The van der Waals surface area contributed by atoms with Crippen LogP contribution in [0.4, 0.5) is 0 Å². The summed E-state index contributed by atoms with van der Waals surface area (Å²) in [5.74, 6) is 2.43. The summed E-state index contributed by atoms with van der Waals surface area (Å²) in [4.78, 5) is 14.4. The minimum absolute atomic E-state index is 0.231. The molecule has 1 unspecified atom stereocenters. The van der Waals surface area contributed by atoms with E-state index >= 15 is 0 Å². The summed E-state index contributed by atoms with van der Waals surface area (Å²) in [6.45, 7) is 4.26. The van der Waals surface area contributed by atoms with Crippen LogP contribution >= 0.6 is 0 Å². The van der Waals surface area contributed by atoms with Gasteiger partial charge < -0.3 is 14.4 Å². The summed E-state index contributed by atoms with van der Waals surface area (Å²) in [6.07, 6.45) is 2.32. The molecule has 1 fully saturated rings. The van der Waals surface area contributed by atoms with Crippen molar-refractivity contribution in [1.82, 2.24) is 4.90 Å². The van der Waals surface area contributed by atoms with Crippen molar-refractivity contribution < 1.29 is 14.3 Å². The number of rotatable bonds is 7. The molecule has 2 aromatic rings. The van der Waals surface area contributed by atoms with Gasteiger partial charge in [-0.1, -0.05) is 30.3 Å². The molecule has 4 nitrogen and oxygen atoms in total. The van der Waals surface area contributed by atoms with E-state index in [1.54, 1.807) is 7.11 Å². The Bertz CT molecular complexity index is 726. The number of amides is 1. The zero-order chi connectivity index (χ0) is 18.4. The van der Waals surface area contributed by atoms with E-state index in [0.29, 0.717) is 18.9 Å². The average molecular weight is 353 g/mol. The lowest BCUT2D eigenvalue weighted by molar-refractivity contribution is -0.130. The molecule has 3 rings (SSSR count). The first-order chi connectivity index (χ1) is 12.7. The van der Waals surface area contributed by atoms with E-state index in [2.05, 4.69) is 12.1 Å². The minimum Gasteiger partial charge on any atom is -0.497 e. The fourth-order valence-electron chi connectivity index (χ4n) is 3.42. The van der Waals surface area contributed by atoms with Crippen molar-refractivity contribution in [3.8, 4) is 11.5 Å². The SMILES string of the molecule is COc1ccc(C2CCN(C(=O)CCCOc3ccccc3C)C2)cc1. The molecule has 4 heteroatoms. The highest BCUT2D eigenvalue weighted by molar-refractivity contribution is 5.76. The summed E-state index contributed by atoms with van der Waals surface area (Å²) >= 11 is 0. The molecule has 138 valence electrons. The lowest BCUT2D eigenvalue weighted by atomic mass is 9.98. The Balaban J connectivity index is 1.42. The van der Waals surface area contributed by atoms with Crippen molar-refractivity contribution >= 4 is 5.91 Å². The number of aryl methyl sites for hydroxylation is 1. The molecule has 1 amide bonds. The van der Waals surface area contributed by atoms with E-state index in [-0.39, 0.29) is 5.91 Å². The van der Waals surface area contributed by atoms with E-state index < -0.39 is 0 Å². The molecular formula is C22H27NO3. The summed E-state index contributed by atoms with van der Waals surface area (Å²) in [5.41, 5.74) is 2.41. The van der Waals surface area contributed by atoms with Crippen LogP contribution in [0.3, 0.4) is 0 Å². The number of nitrogens with zero attached hydrogens (tertiary/aromatic N) is 1. The van der Waals surface area contributed by atoms with Crippen LogP contribution in [0.2, 0.25) is 0 Å². The van der Waals surface area contributed by atoms with Crippen LogP contribution in [-0.4, -0.2) is 37.6 Å². The molecule has 0 saturated carbocycles. The first-order valence-electron chi connectivity index (χ1n) is 9.27. The van der Waals surface area contributed by atoms with Gasteiger partial charge in [0.25, 0.3) is 0 Å². The molecule has 26 heavy (non-hydrogen) atoms. The third-order valence-corrected chi connectivity index (χ3v) is 5.01. The van der Waals surface area contributed by atoms with Gasteiger partial charge in [0, 0.05) is 25.4 Å². The molecule has 0 aromatic heterocycles. The first-order valence-corrected chi connectivity index (χ1v) is 9.27. The molecule has 1 heterocycles. The number of carbonyl (C=O) groups is 1. The third-order valence-electron chi connectivity index (χ3n) is 5.01. The number of hydrogen-bond donors (Lipinski definition) is 0. The van der Waals surface area contributed by atoms with Gasteiger partial charge >= 0.3 is 0 Å². The Morgan fingerprint density at radius 1 is 1.15 bits per heavy atom. The summed E-state index contributed by atoms with van der Waals surface area (Å²) in [7, 11) is 1.67. The summed E-state index contributed by atoms with van der Waals surface area (Å²) < 4.78 is 11.0. The Kier molecular flexibility index (Phi) is 6.16. The van der Waals surface area contributed by atoms with Gasteiger partial charge in [0.15, 0.2) is 0 Å². The normalized spacial score (nSPS) is 16.5. The van der Waals surface area contributed by atoms with Gasteiger partial charge in [-0.2, -0.15) is 0 Å². The van der Waals surface area contributed by atoms with E-state index in [1.165, 1.54) is 5.56 Å². The smallest absolute Gasteiger partial charge is 0.222 e. The van der Waals surface area contributed by atoms with Crippen LogP contribution in [0, 0.1) is 6.92 Å². The van der Waals surface area contributed by atoms with Gasteiger partial charge in [0.2, 0.25) is 5.91 Å². The van der Waals surface area contributed by atoms with Crippen molar-refractivity contribution in [1.29, 1.82) is 0 Å². The lowest BCUT2D eigenvalue weighted by Crippen LogP contribution is -2.28. The van der Waals surface area contributed by atoms with Crippen molar-refractivity contribution in [2.24, 2.45) is 0 Å². The van der Waals surface area contributed by atoms with Crippen LogP contribution in [-0.2, 0) is 4.79 Å². The summed E-state index contributed by atoms with van der Waals surface area (Å²) in [5, 5.41) is 0. The van der Waals surface area contributed by atoms with E-state index in [4.69, 9.17) is 9.47 Å². The second-order valence-corrected chi connectivity index (χ2v) is 6.82. The van der Waals surface area contributed by atoms with Gasteiger partial charge in [-0.25, -0.2) is 0 Å². The molecule has 1 aliphatic heterocycles. The van der Waals surface area contributed by atoms with Gasteiger partial charge in [-0.15, -0.1) is 0 Å². The zero-order valence-electron chi connectivity index (χ0n) is 15.6. The van der Waals surface area contributed by atoms with Crippen LogP contribution in [0.1, 0.15) is 36.3 Å². The number of methoxy groups -OCH3 is 1. The Hall–Kier alpha value is -2.49. The second-order valence-electron chi connectivity index (χ2n) is 6.82. The van der Waals surface area contributed by atoms with Crippen molar-refractivity contribution in [3.63, 3.8) is 0 Å². The average Bonchev–Trinajstić information content (AvgIpc) is 3.17. The van der Waals surface area contributed by atoms with E-state index in [1.807, 2.05) is 48.2 Å². The van der Waals surface area contributed by atoms with Crippen LogP contribution in [0.25, 0.3) is 0 Å². The second kappa shape index (κ2) is 8.75. The predicted molar refractivity (Wildman–Crippen MR) is 103 cm³/mol. The zero-order valence-corrected chi connectivity index (χ0v) is 15.6. The number of ether oxygens (including phenoxy) is 2. The third kappa shape index (κ3) is 4.57.